The van der Waals surface area contributed by atoms with Gasteiger partial charge in [0.15, 0.2) is 0 Å². The van der Waals surface area contributed by atoms with Crippen LogP contribution in [0.25, 0.3) is 0 Å². The molecule has 0 saturated heterocycles. The monoisotopic (exact) mass is 240 g/mol. The molecule has 1 N–H and O–H groups in total. The molecule has 1 aliphatic heterocycles. The van der Waals surface area contributed by atoms with Crippen molar-refractivity contribution in [2.45, 2.75) is 19.4 Å². The van der Waals surface area contributed by atoms with Crippen LogP contribution in [0.4, 0.5) is 11.5 Å². The number of pyridine rings is 1. The van der Waals surface area contributed by atoms with Gasteiger partial charge in [-0.05, 0) is 36.6 Å². The molecule has 1 aromatic heterocycles. The maximum Gasteiger partial charge on any atom is 0.132 e. The first-order valence-corrected chi connectivity index (χ1v) is 6.25. The SMILES string of the molecule is C[C@@H](O)c1ccc(N2CCc3ccccc32)nc1. The Labute approximate surface area is 107 Å². The van der Waals surface area contributed by atoms with E-state index in [1.165, 1.54) is 11.3 Å². The summed E-state index contributed by atoms with van der Waals surface area (Å²) in [5, 5.41) is 9.48. The summed E-state index contributed by atoms with van der Waals surface area (Å²) in [6.07, 6.45) is 2.36. The van der Waals surface area contributed by atoms with Gasteiger partial charge in [-0.25, -0.2) is 4.98 Å². The molecular weight excluding hydrogens is 224 g/mol. The van der Waals surface area contributed by atoms with E-state index in [2.05, 4.69) is 34.1 Å². The quantitative estimate of drug-likeness (QED) is 0.877. The van der Waals surface area contributed by atoms with Crippen molar-refractivity contribution in [3.05, 3.63) is 53.7 Å². The number of aliphatic hydroxyl groups is 1. The van der Waals surface area contributed by atoms with Crippen LogP contribution in [0.15, 0.2) is 42.6 Å². The van der Waals surface area contributed by atoms with Crippen molar-refractivity contribution in [2.75, 3.05) is 11.4 Å². The molecule has 3 rings (SSSR count). The minimum absolute atomic E-state index is 0.461. The van der Waals surface area contributed by atoms with E-state index < -0.39 is 6.10 Å². The first-order chi connectivity index (χ1) is 8.75. The summed E-state index contributed by atoms with van der Waals surface area (Å²) in [5.74, 6) is 0.948. The molecule has 1 aromatic carbocycles. The molecule has 0 aliphatic carbocycles. The molecule has 1 atom stereocenters. The van der Waals surface area contributed by atoms with Crippen LogP contribution in [-0.4, -0.2) is 16.6 Å². The van der Waals surface area contributed by atoms with Crippen molar-refractivity contribution in [1.82, 2.24) is 4.98 Å². The van der Waals surface area contributed by atoms with Crippen LogP contribution in [0.3, 0.4) is 0 Å². The van der Waals surface area contributed by atoms with Crippen molar-refractivity contribution in [3.63, 3.8) is 0 Å². The molecule has 0 radical (unpaired) electrons. The Balaban J connectivity index is 1.93. The Morgan fingerprint density at radius 3 is 2.78 bits per heavy atom. The van der Waals surface area contributed by atoms with Gasteiger partial charge in [-0.1, -0.05) is 24.3 Å². The highest BCUT2D eigenvalue weighted by molar-refractivity contribution is 5.67. The van der Waals surface area contributed by atoms with Crippen LogP contribution in [0, 0.1) is 0 Å². The summed E-state index contributed by atoms with van der Waals surface area (Å²) in [6, 6.07) is 12.3. The number of anilines is 2. The third-order valence-corrected chi connectivity index (χ3v) is 3.42. The molecule has 1 aliphatic rings. The number of aromatic nitrogens is 1. The summed E-state index contributed by atoms with van der Waals surface area (Å²) in [7, 11) is 0. The number of fused-ring (bicyclic) bond motifs is 1. The van der Waals surface area contributed by atoms with Gasteiger partial charge in [0.2, 0.25) is 0 Å². The minimum atomic E-state index is -0.461. The fraction of sp³-hybridized carbons (Fsp3) is 0.267. The Hall–Kier alpha value is -1.87. The largest absolute Gasteiger partial charge is 0.389 e. The van der Waals surface area contributed by atoms with E-state index in [0.717, 1.165) is 24.3 Å². The molecule has 0 spiro atoms. The van der Waals surface area contributed by atoms with Gasteiger partial charge in [0.1, 0.15) is 5.82 Å². The van der Waals surface area contributed by atoms with Crippen LogP contribution in [0.5, 0.6) is 0 Å². The number of hydrogen-bond acceptors (Lipinski definition) is 3. The first-order valence-electron chi connectivity index (χ1n) is 6.25. The zero-order valence-electron chi connectivity index (χ0n) is 10.4. The summed E-state index contributed by atoms with van der Waals surface area (Å²) < 4.78 is 0. The summed E-state index contributed by atoms with van der Waals surface area (Å²) in [4.78, 5) is 6.67. The fourth-order valence-corrected chi connectivity index (χ4v) is 2.38. The molecule has 2 aromatic rings. The topological polar surface area (TPSA) is 36.4 Å². The second kappa shape index (κ2) is 4.42. The lowest BCUT2D eigenvalue weighted by Gasteiger charge is -2.18. The normalized spacial score (nSPS) is 15.6. The Morgan fingerprint density at radius 2 is 2.06 bits per heavy atom. The van der Waals surface area contributed by atoms with E-state index >= 15 is 0 Å². The van der Waals surface area contributed by atoms with Gasteiger partial charge in [0, 0.05) is 18.4 Å². The van der Waals surface area contributed by atoms with Crippen molar-refractivity contribution in [1.29, 1.82) is 0 Å². The number of benzene rings is 1. The van der Waals surface area contributed by atoms with E-state index in [1.807, 2.05) is 12.1 Å². The number of rotatable bonds is 2. The summed E-state index contributed by atoms with van der Waals surface area (Å²) >= 11 is 0. The molecular formula is C15H16N2O. The van der Waals surface area contributed by atoms with Crippen molar-refractivity contribution in [3.8, 4) is 0 Å². The van der Waals surface area contributed by atoms with Gasteiger partial charge in [0.25, 0.3) is 0 Å². The standard InChI is InChI=1S/C15H16N2O/c1-11(18)13-6-7-15(16-10-13)17-9-8-12-4-2-3-5-14(12)17/h2-7,10-11,18H,8-9H2,1H3/t11-/m1/s1. The van der Waals surface area contributed by atoms with E-state index in [0.29, 0.717) is 0 Å². The first kappa shape index (κ1) is 11.2. The zero-order chi connectivity index (χ0) is 12.5. The number of hydrogen-bond donors (Lipinski definition) is 1. The molecule has 0 bridgehead atoms. The molecule has 3 nitrogen and oxygen atoms in total. The molecule has 18 heavy (non-hydrogen) atoms. The van der Waals surface area contributed by atoms with Crippen LogP contribution < -0.4 is 4.90 Å². The van der Waals surface area contributed by atoms with Crippen LogP contribution >= 0.6 is 0 Å². The van der Waals surface area contributed by atoms with Crippen LogP contribution in [0.2, 0.25) is 0 Å². The van der Waals surface area contributed by atoms with Crippen molar-refractivity contribution >= 4 is 11.5 Å². The zero-order valence-corrected chi connectivity index (χ0v) is 10.4. The Bertz CT molecular complexity index is 549. The fourth-order valence-electron chi connectivity index (χ4n) is 2.38. The third-order valence-electron chi connectivity index (χ3n) is 3.42. The van der Waals surface area contributed by atoms with E-state index in [4.69, 9.17) is 0 Å². The maximum atomic E-state index is 9.48. The summed E-state index contributed by atoms with van der Waals surface area (Å²) in [6.45, 7) is 2.72. The number of para-hydroxylation sites is 1. The molecule has 0 fully saturated rings. The highest BCUT2D eigenvalue weighted by Gasteiger charge is 2.20. The minimum Gasteiger partial charge on any atom is -0.389 e. The van der Waals surface area contributed by atoms with Crippen molar-refractivity contribution in [2.24, 2.45) is 0 Å². The number of nitrogens with zero attached hydrogens (tertiary/aromatic N) is 2. The van der Waals surface area contributed by atoms with Gasteiger partial charge in [0.05, 0.1) is 6.10 Å². The van der Waals surface area contributed by atoms with Crippen LogP contribution in [0.1, 0.15) is 24.2 Å². The maximum absolute atomic E-state index is 9.48. The second-order valence-electron chi connectivity index (χ2n) is 4.66. The lowest BCUT2D eigenvalue weighted by Crippen LogP contribution is -2.14. The third kappa shape index (κ3) is 1.87. The Morgan fingerprint density at radius 1 is 1.22 bits per heavy atom. The van der Waals surface area contributed by atoms with Gasteiger partial charge < -0.3 is 10.0 Å². The highest BCUT2D eigenvalue weighted by atomic mass is 16.3. The number of aliphatic hydroxyl groups excluding tert-OH is 1. The summed E-state index contributed by atoms with van der Waals surface area (Å²) in [5.41, 5.74) is 3.47. The predicted molar refractivity (Wildman–Crippen MR) is 72.0 cm³/mol. The Kier molecular flexibility index (Phi) is 2.76. The second-order valence-corrected chi connectivity index (χ2v) is 4.66. The molecule has 0 amide bonds. The highest BCUT2D eigenvalue weighted by Crippen LogP contribution is 2.33. The van der Waals surface area contributed by atoms with Crippen LogP contribution in [-0.2, 0) is 6.42 Å². The molecule has 3 heteroatoms. The average Bonchev–Trinajstić information content (AvgIpc) is 2.82. The van der Waals surface area contributed by atoms with E-state index in [1.54, 1.807) is 13.1 Å². The van der Waals surface area contributed by atoms with Gasteiger partial charge in [-0.15, -0.1) is 0 Å². The lowest BCUT2D eigenvalue weighted by atomic mass is 10.2. The molecule has 0 saturated carbocycles. The molecule has 2 heterocycles. The van der Waals surface area contributed by atoms with Gasteiger partial charge in [-0.3, -0.25) is 0 Å². The van der Waals surface area contributed by atoms with Gasteiger partial charge in [-0.2, -0.15) is 0 Å². The van der Waals surface area contributed by atoms with Gasteiger partial charge >= 0.3 is 0 Å². The van der Waals surface area contributed by atoms with Crippen molar-refractivity contribution < 1.29 is 5.11 Å². The van der Waals surface area contributed by atoms with E-state index in [9.17, 15) is 5.11 Å². The predicted octanol–water partition coefficient (Wildman–Crippen LogP) is 2.83. The average molecular weight is 240 g/mol. The lowest BCUT2D eigenvalue weighted by molar-refractivity contribution is 0.199. The molecule has 0 unspecified atom stereocenters. The van der Waals surface area contributed by atoms with E-state index in [-0.39, 0.29) is 0 Å². The smallest absolute Gasteiger partial charge is 0.132 e. The molecule has 92 valence electrons.